The third-order valence-corrected chi connectivity index (χ3v) is 4.57. The van der Waals surface area contributed by atoms with Gasteiger partial charge in [0, 0.05) is 30.6 Å². The smallest absolute Gasteiger partial charge is 0.326 e. The van der Waals surface area contributed by atoms with Crippen LogP contribution in [0.25, 0.3) is 10.9 Å². The highest BCUT2D eigenvalue weighted by Gasteiger charge is 2.37. The zero-order valence-electron chi connectivity index (χ0n) is 13.1. The van der Waals surface area contributed by atoms with Gasteiger partial charge in [-0.05, 0) is 6.07 Å². The molecule has 0 unspecified atom stereocenters. The first-order valence-electron chi connectivity index (χ1n) is 7.65. The van der Waals surface area contributed by atoms with Gasteiger partial charge in [-0.15, -0.1) is 0 Å². The van der Waals surface area contributed by atoms with Crippen LogP contribution in [0.5, 0.6) is 0 Å². The molecule has 1 aliphatic rings. The number of aryl methyl sites for hydroxylation is 1. The molecule has 1 atom stereocenters. The van der Waals surface area contributed by atoms with Crippen LogP contribution in [-0.4, -0.2) is 42.5 Å². The second kappa shape index (κ2) is 5.23. The lowest BCUT2D eigenvalue weighted by Crippen LogP contribution is -2.48. The lowest BCUT2D eigenvalue weighted by atomic mass is 10.0. The molecule has 122 valence electrons. The van der Waals surface area contributed by atoms with Crippen molar-refractivity contribution >= 4 is 22.8 Å². The molecule has 0 fully saturated rings. The summed E-state index contributed by atoms with van der Waals surface area (Å²) in [4.78, 5) is 33.3. The molecule has 0 saturated heterocycles. The first-order chi connectivity index (χ1) is 11.6. The molecule has 24 heavy (non-hydrogen) atoms. The fraction of sp³-hybridized carbons (Fsp3) is 0.235. The third-order valence-electron chi connectivity index (χ3n) is 4.57. The van der Waals surface area contributed by atoms with Gasteiger partial charge >= 0.3 is 5.97 Å². The number of imidazole rings is 1. The molecular weight excluding hydrogens is 308 g/mol. The minimum absolute atomic E-state index is 0.213. The second-order valence-electron chi connectivity index (χ2n) is 5.99. The van der Waals surface area contributed by atoms with Crippen molar-refractivity contribution in [1.29, 1.82) is 0 Å². The third kappa shape index (κ3) is 2.09. The molecule has 7 heteroatoms. The minimum Gasteiger partial charge on any atom is -0.480 e. The van der Waals surface area contributed by atoms with Gasteiger partial charge in [-0.1, -0.05) is 18.2 Å². The van der Waals surface area contributed by atoms with E-state index in [4.69, 9.17) is 0 Å². The van der Waals surface area contributed by atoms with Crippen LogP contribution in [0.2, 0.25) is 0 Å². The van der Waals surface area contributed by atoms with E-state index in [1.165, 1.54) is 11.2 Å². The highest BCUT2D eigenvalue weighted by atomic mass is 16.4. The fourth-order valence-corrected chi connectivity index (χ4v) is 3.34. The van der Waals surface area contributed by atoms with Crippen LogP contribution in [0, 0.1) is 0 Å². The monoisotopic (exact) mass is 324 g/mol. The van der Waals surface area contributed by atoms with Crippen molar-refractivity contribution in [1.82, 2.24) is 19.4 Å². The van der Waals surface area contributed by atoms with Crippen molar-refractivity contribution in [3.63, 3.8) is 0 Å². The van der Waals surface area contributed by atoms with Gasteiger partial charge in [0.1, 0.15) is 6.04 Å². The average Bonchev–Trinajstić information content (AvgIpc) is 3.17. The molecule has 0 bridgehead atoms. The van der Waals surface area contributed by atoms with E-state index in [2.05, 4.69) is 9.97 Å². The van der Waals surface area contributed by atoms with Gasteiger partial charge in [-0.3, -0.25) is 4.79 Å². The van der Waals surface area contributed by atoms with E-state index in [1.807, 2.05) is 35.9 Å². The Balaban J connectivity index is 1.78. The average molecular weight is 324 g/mol. The van der Waals surface area contributed by atoms with Crippen LogP contribution < -0.4 is 0 Å². The molecule has 7 nitrogen and oxygen atoms in total. The number of hydrogen-bond donors (Lipinski definition) is 2. The number of benzene rings is 1. The second-order valence-corrected chi connectivity index (χ2v) is 5.99. The van der Waals surface area contributed by atoms with Crippen molar-refractivity contribution in [2.75, 3.05) is 0 Å². The Kier molecular flexibility index (Phi) is 3.16. The van der Waals surface area contributed by atoms with Gasteiger partial charge in [0.2, 0.25) is 0 Å². The Bertz CT molecular complexity index is 956. The number of fused-ring (bicyclic) bond motifs is 2. The largest absolute Gasteiger partial charge is 0.480 e. The molecule has 0 aliphatic carbocycles. The number of hydrogen-bond acceptors (Lipinski definition) is 3. The van der Waals surface area contributed by atoms with E-state index in [0.29, 0.717) is 11.3 Å². The Morgan fingerprint density at radius 1 is 1.33 bits per heavy atom. The summed E-state index contributed by atoms with van der Waals surface area (Å²) in [5.74, 6) is -1.29. The minimum atomic E-state index is -1.02. The molecule has 3 heterocycles. The molecule has 1 amide bonds. The van der Waals surface area contributed by atoms with Gasteiger partial charge in [0.05, 0.1) is 29.8 Å². The molecule has 0 saturated carbocycles. The normalized spacial score (nSPS) is 17.0. The number of carboxylic acid groups (broad SMARTS) is 1. The molecule has 2 aromatic heterocycles. The van der Waals surface area contributed by atoms with Crippen molar-refractivity contribution in [2.24, 2.45) is 7.05 Å². The zero-order valence-corrected chi connectivity index (χ0v) is 13.1. The molecule has 1 aliphatic heterocycles. The summed E-state index contributed by atoms with van der Waals surface area (Å²) in [6.45, 7) is 0.217. The van der Waals surface area contributed by atoms with Crippen molar-refractivity contribution in [3.05, 3.63) is 53.7 Å². The van der Waals surface area contributed by atoms with Crippen LogP contribution >= 0.6 is 0 Å². The molecule has 2 N–H and O–H groups in total. The molecule has 1 aromatic carbocycles. The number of nitrogens with zero attached hydrogens (tertiary/aromatic N) is 3. The quantitative estimate of drug-likeness (QED) is 0.748. The van der Waals surface area contributed by atoms with E-state index in [9.17, 15) is 14.7 Å². The summed E-state index contributed by atoms with van der Waals surface area (Å²) in [5, 5.41) is 10.4. The molecule has 3 aromatic rings. The summed E-state index contributed by atoms with van der Waals surface area (Å²) in [7, 11) is 1.87. The number of carboxylic acids is 1. The van der Waals surface area contributed by atoms with Gasteiger partial charge in [-0.25, -0.2) is 9.78 Å². The van der Waals surface area contributed by atoms with Crippen LogP contribution in [0.15, 0.2) is 36.8 Å². The number of amides is 1. The predicted octanol–water partition coefficient (Wildman–Crippen LogP) is 1.55. The molecule has 0 spiro atoms. The Morgan fingerprint density at radius 2 is 2.12 bits per heavy atom. The van der Waals surface area contributed by atoms with Gasteiger partial charge < -0.3 is 19.6 Å². The van der Waals surface area contributed by atoms with Crippen molar-refractivity contribution in [2.45, 2.75) is 19.0 Å². The van der Waals surface area contributed by atoms with Crippen LogP contribution in [0.4, 0.5) is 0 Å². The summed E-state index contributed by atoms with van der Waals surface area (Å²) in [5.41, 5.74) is 2.96. The van der Waals surface area contributed by atoms with Gasteiger partial charge in [-0.2, -0.15) is 0 Å². The van der Waals surface area contributed by atoms with E-state index >= 15 is 0 Å². The zero-order chi connectivity index (χ0) is 16.8. The topological polar surface area (TPSA) is 91.2 Å². The highest BCUT2D eigenvalue weighted by Crippen LogP contribution is 2.27. The highest BCUT2D eigenvalue weighted by molar-refractivity contribution is 6.08. The Hall–Kier alpha value is -3.09. The first-order valence-corrected chi connectivity index (χ1v) is 7.65. The number of aromatic nitrogens is 3. The number of para-hydroxylation sites is 1. The van der Waals surface area contributed by atoms with Gasteiger partial charge in [0.25, 0.3) is 5.91 Å². The Morgan fingerprint density at radius 3 is 2.92 bits per heavy atom. The maximum absolute atomic E-state index is 13.1. The maximum Gasteiger partial charge on any atom is 0.326 e. The summed E-state index contributed by atoms with van der Waals surface area (Å²) in [6, 6.07) is 6.69. The summed E-state index contributed by atoms with van der Waals surface area (Å²) < 4.78 is 1.88. The first kappa shape index (κ1) is 14.5. The lowest BCUT2D eigenvalue weighted by molar-refractivity contribution is -0.142. The number of aromatic amines is 1. The number of carbonyl (C=O) groups is 2. The fourth-order valence-electron chi connectivity index (χ4n) is 3.34. The van der Waals surface area contributed by atoms with E-state index in [1.54, 1.807) is 6.20 Å². The maximum atomic E-state index is 13.1. The number of rotatable bonds is 2. The summed E-state index contributed by atoms with van der Waals surface area (Å²) >= 11 is 0. The number of carbonyl (C=O) groups excluding carboxylic acids is 1. The van der Waals surface area contributed by atoms with Crippen LogP contribution in [0.1, 0.15) is 21.7 Å². The summed E-state index contributed by atoms with van der Waals surface area (Å²) in [6.07, 6.45) is 3.51. The molecular formula is C17H16N4O3. The van der Waals surface area contributed by atoms with Crippen LogP contribution in [-0.2, 0) is 24.8 Å². The number of nitrogens with one attached hydrogen (secondary N) is 1. The standard InChI is InChI=1S/C17H16N4O3/c1-20-7-11(10-4-2-3-5-14(10)20)16(22)21-8-13-12(18-9-19-13)6-15(21)17(23)24/h2-5,7,9,15H,6,8H2,1H3,(H,18,19)(H,23,24)/t15-/m1/s1. The SMILES string of the molecule is Cn1cc(C(=O)N2Cc3[nH]cnc3C[C@@H]2C(=O)O)c2ccccc21. The predicted molar refractivity (Wildman–Crippen MR) is 86.5 cm³/mol. The van der Waals surface area contributed by atoms with E-state index in [0.717, 1.165) is 16.6 Å². The number of aliphatic carboxylic acids is 1. The van der Waals surface area contributed by atoms with E-state index in [-0.39, 0.29) is 18.9 Å². The van der Waals surface area contributed by atoms with Crippen LogP contribution in [0.3, 0.4) is 0 Å². The van der Waals surface area contributed by atoms with Crippen molar-refractivity contribution in [3.8, 4) is 0 Å². The van der Waals surface area contributed by atoms with Crippen molar-refractivity contribution < 1.29 is 14.7 Å². The lowest BCUT2D eigenvalue weighted by Gasteiger charge is -2.32. The molecule has 4 rings (SSSR count). The molecule has 0 radical (unpaired) electrons. The number of H-pyrrole nitrogens is 1. The van der Waals surface area contributed by atoms with E-state index < -0.39 is 12.0 Å². The Labute approximate surface area is 137 Å². The van der Waals surface area contributed by atoms with Gasteiger partial charge in [0.15, 0.2) is 0 Å².